The Morgan fingerprint density at radius 1 is 1.31 bits per heavy atom. The third kappa shape index (κ3) is 2.83. The third-order valence-corrected chi connectivity index (χ3v) is 5.02. The fraction of sp³-hybridized carbons (Fsp3) is 0.667. The molecule has 74 valence electrons. The van der Waals surface area contributed by atoms with Crippen LogP contribution >= 0.6 is 0 Å². The van der Waals surface area contributed by atoms with Gasteiger partial charge in [0.15, 0.2) is 0 Å². The first-order valence-electron chi connectivity index (χ1n) is 5.44. The molecule has 0 saturated heterocycles. The molecule has 0 amide bonds. The van der Waals surface area contributed by atoms with Gasteiger partial charge in [-0.1, -0.05) is 62.8 Å². The molecule has 13 heavy (non-hydrogen) atoms. The van der Waals surface area contributed by atoms with Crippen LogP contribution in [0.3, 0.4) is 0 Å². The van der Waals surface area contributed by atoms with Crippen molar-refractivity contribution in [3.63, 3.8) is 0 Å². The summed E-state index contributed by atoms with van der Waals surface area (Å²) in [4.78, 5) is 0. The molecule has 0 N–H and O–H groups in total. The van der Waals surface area contributed by atoms with Gasteiger partial charge in [-0.25, -0.2) is 0 Å². The summed E-state index contributed by atoms with van der Waals surface area (Å²) in [6.45, 7) is 9.62. The van der Waals surface area contributed by atoms with E-state index in [0.717, 1.165) is 5.92 Å². The summed E-state index contributed by atoms with van der Waals surface area (Å²) in [5.74, 6) is 0.784. The molecule has 0 bridgehead atoms. The standard InChI is InChI=1S/C12H22Si/c1-5-6-8-11-9-7-10-12(11)13(2,3)4/h7,9-11H,5-6,8H2,1-4H3. The van der Waals surface area contributed by atoms with Crippen molar-refractivity contribution in [2.75, 3.05) is 0 Å². The van der Waals surface area contributed by atoms with Crippen LogP contribution in [-0.4, -0.2) is 8.07 Å². The van der Waals surface area contributed by atoms with E-state index in [0.29, 0.717) is 0 Å². The van der Waals surface area contributed by atoms with Crippen LogP contribution in [0, 0.1) is 5.92 Å². The first kappa shape index (κ1) is 10.8. The zero-order valence-electron chi connectivity index (χ0n) is 9.43. The molecule has 1 rings (SSSR count). The quantitative estimate of drug-likeness (QED) is 0.589. The van der Waals surface area contributed by atoms with Crippen LogP contribution in [0.1, 0.15) is 26.2 Å². The third-order valence-electron chi connectivity index (χ3n) is 2.75. The second-order valence-corrected chi connectivity index (χ2v) is 10.1. The van der Waals surface area contributed by atoms with E-state index in [-0.39, 0.29) is 0 Å². The SMILES string of the molecule is CCCCC1C=CC=C1[Si](C)(C)C. The van der Waals surface area contributed by atoms with Crippen molar-refractivity contribution < 1.29 is 0 Å². The summed E-state index contributed by atoms with van der Waals surface area (Å²) in [5, 5.41) is 1.75. The van der Waals surface area contributed by atoms with Gasteiger partial charge >= 0.3 is 0 Å². The van der Waals surface area contributed by atoms with E-state index in [1.165, 1.54) is 19.3 Å². The Balaban J connectivity index is 2.57. The minimum Gasteiger partial charge on any atom is -0.0777 e. The Bertz CT molecular complexity index is 218. The van der Waals surface area contributed by atoms with E-state index in [9.17, 15) is 0 Å². The molecule has 0 radical (unpaired) electrons. The van der Waals surface area contributed by atoms with E-state index in [1.807, 2.05) is 0 Å². The number of allylic oxidation sites excluding steroid dienone is 4. The summed E-state index contributed by atoms with van der Waals surface area (Å²) < 4.78 is 0. The summed E-state index contributed by atoms with van der Waals surface area (Å²) in [5.41, 5.74) is 0. The van der Waals surface area contributed by atoms with Gasteiger partial charge in [0, 0.05) is 0 Å². The van der Waals surface area contributed by atoms with Crippen molar-refractivity contribution in [3.8, 4) is 0 Å². The average Bonchev–Trinajstić information content (AvgIpc) is 2.47. The van der Waals surface area contributed by atoms with Crippen molar-refractivity contribution >= 4 is 8.07 Å². The fourth-order valence-corrected chi connectivity index (χ4v) is 3.95. The lowest BCUT2D eigenvalue weighted by atomic mass is 10.0. The molecule has 1 heteroatoms. The molecule has 0 aromatic rings. The van der Waals surface area contributed by atoms with Gasteiger partial charge in [-0.2, -0.15) is 0 Å². The minimum atomic E-state index is -1.04. The van der Waals surface area contributed by atoms with Crippen LogP contribution in [0.15, 0.2) is 23.4 Å². The molecule has 0 nitrogen and oxygen atoms in total. The molecule has 0 aromatic heterocycles. The Morgan fingerprint density at radius 3 is 2.54 bits per heavy atom. The van der Waals surface area contributed by atoms with Gasteiger partial charge in [-0.15, -0.1) is 0 Å². The van der Waals surface area contributed by atoms with Gasteiger partial charge < -0.3 is 0 Å². The van der Waals surface area contributed by atoms with E-state index in [1.54, 1.807) is 5.20 Å². The summed E-state index contributed by atoms with van der Waals surface area (Å²) in [6, 6.07) is 0. The topological polar surface area (TPSA) is 0 Å². The van der Waals surface area contributed by atoms with Crippen molar-refractivity contribution in [2.45, 2.75) is 45.8 Å². The average molecular weight is 194 g/mol. The van der Waals surface area contributed by atoms with Crippen molar-refractivity contribution in [1.29, 1.82) is 0 Å². The predicted molar refractivity (Wildman–Crippen MR) is 63.6 cm³/mol. The maximum absolute atomic E-state index is 2.45. The second kappa shape index (κ2) is 4.27. The molecule has 0 fully saturated rings. The lowest BCUT2D eigenvalue weighted by Crippen LogP contribution is -2.27. The van der Waals surface area contributed by atoms with Crippen LogP contribution in [0.4, 0.5) is 0 Å². The van der Waals surface area contributed by atoms with Crippen LogP contribution in [0.25, 0.3) is 0 Å². The number of unbranched alkanes of at least 4 members (excludes halogenated alkanes) is 1. The molecule has 0 saturated carbocycles. The monoisotopic (exact) mass is 194 g/mol. The molecule has 1 atom stereocenters. The maximum atomic E-state index is 2.45. The number of rotatable bonds is 4. The smallest absolute Gasteiger partial charge is 0.0732 e. The lowest BCUT2D eigenvalue weighted by Gasteiger charge is -2.24. The van der Waals surface area contributed by atoms with Gasteiger partial charge in [0.25, 0.3) is 0 Å². The zero-order chi connectivity index (χ0) is 9.90. The zero-order valence-corrected chi connectivity index (χ0v) is 10.4. The molecule has 0 spiro atoms. The van der Waals surface area contributed by atoms with Crippen molar-refractivity contribution in [2.24, 2.45) is 5.92 Å². The van der Waals surface area contributed by atoms with E-state index >= 15 is 0 Å². The highest BCUT2D eigenvalue weighted by molar-refractivity contribution is 6.83. The van der Waals surface area contributed by atoms with E-state index in [4.69, 9.17) is 0 Å². The molecular formula is C12H22Si. The largest absolute Gasteiger partial charge is 0.0777 e. The van der Waals surface area contributed by atoms with Crippen molar-refractivity contribution in [1.82, 2.24) is 0 Å². The second-order valence-electron chi connectivity index (χ2n) is 5.01. The Morgan fingerprint density at radius 2 is 2.00 bits per heavy atom. The van der Waals surface area contributed by atoms with Gasteiger partial charge in [-0.05, 0) is 12.3 Å². The predicted octanol–water partition coefficient (Wildman–Crippen LogP) is 4.17. The molecule has 1 aliphatic carbocycles. The first-order valence-corrected chi connectivity index (χ1v) is 8.94. The normalized spacial score (nSPS) is 22.2. The Kier molecular flexibility index (Phi) is 3.54. The van der Waals surface area contributed by atoms with Crippen LogP contribution < -0.4 is 0 Å². The highest BCUT2D eigenvalue weighted by atomic mass is 28.3. The van der Waals surface area contributed by atoms with E-state index in [2.05, 4.69) is 44.8 Å². The van der Waals surface area contributed by atoms with Gasteiger partial charge in [0.2, 0.25) is 0 Å². The highest BCUT2D eigenvalue weighted by Gasteiger charge is 2.26. The first-order chi connectivity index (χ1) is 6.05. The fourth-order valence-electron chi connectivity index (χ4n) is 2.00. The molecule has 0 aromatic carbocycles. The van der Waals surface area contributed by atoms with Gasteiger partial charge in [0.1, 0.15) is 0 Å². The molecular weight excluding hydrogens is 172 g/mol. The molecule has 0 aliphatic heterocycles. The lowest BCUT2D eigenvalue weighted by molar-refractivity contribution is 0.637. The number of hydrogen-bond donors (Lipinski definition) is 0. The van der Waals surface area contributed by atoms with Crippen LogP contribution in [0.5, 0.6) is 0 Å². The van der Waals surface area contributed by atoms with Crippen LogP contribution in [-0.2, 0) is 0 Å². The molecule has 0 heterocycles. The molecule has 1 unspecified atom stereocenters. The Labute approximate surface area is 83.7 Å². The van der Waals surface area contributed by atoms with E-state index < -0.39 is 8.07 Å². The summed E-state index contributed by atoms with van der Waals surface area (Å²) >= 11 is 0. The maximum Gasteiger partial charge on any atom is 0.0732 e. The van der Waals surface area contributed by atoms with Crippen LogP contribution in [0.2, 0.25) is 19.6 Å². The summed E-state index contributed by atoms with van der Waals surface area (Å²) in [6.07, 6.45) is 11.1. The van der Waals surface area contributed by atoms with Crippen molar-refractivity contribution in [3.05, 3.63) is 23.4 Å². The molecule has 1 aliphatic rings. The highest BCUT2D eigenvalue weighted by Crippen LogP contribution is 2.31. The van der Waals surface area contributed by atoms with Gasteiger partial charge in [0.05, 0.1) is 8.07 Å². The van der Waals surface area contributed by atoms with Gasteiger partial charge in [-0.3, -0.25) is 0 Å². The minimum absolute atomic E-state index is 0.784. The summed E-state index contributed by atoms with van der Waals surface area (Å²) in [7, 11) is -1.04. The Hall–Kier alpha value is -0.303. The number of hydrogen-bond acceptors (Lipinski definition) is 0.